The smallest absolute Gasteiger partial charge is 0.259 e. The van der Waals surface area contributed by atoms with Crippen molar-refractivity contribution in [2.45, 2.75) is 36.3 Å². The van der Waals surface area contributed by atoms with Crippen LogP contribution in [0, 0.1) is 11.7 Å². The van der Waals surface area contributed by atoms with E-state index in [1.807, 2.05) is 0 Å². The summed E-state index contributed by atoms with van der Waals surface area (Å²) in [6, 6.07) is 6.43. The molecule has 0 fully saturated rings. The highest BCUT2D eigenvalue weighted by Crippen LogP contribution is 2.36. The summed E-state index contributed by atoms with van der Waals surface area (Å²) < 4.78 is 14.5. The molecule has 2 N–H and O–H groups in total. The number of aromatic nitrogens is 4. The Kier molecular flexibility index (Phi) is 5.30. The molecule has 0 aliphatic heterocycles. The fraction of sp³-hybridized carbons (Fsp3) is 0.300. The van der Waals surface area contributed by atoms with E-state index in [4.69, 9.17) is 4.98 Å². The number of hydrogen-bond acceptors (Lipinski definition) is 8. The zero-order valence-electron chi connectivity index (χ0n) is 16.1. The largest absolute Gasteiger partial charge is 0.328 e. The quantitative estimate of drug-likeness (QED) is 0.402. The van der Waals surface area contributed by atoms with Crippen LogP contribution in [0.15, 0.2) is 33.4 Å². The van der Waals surface area contributed by atoms with Crippen LogP contribution in [0.25, 0.3) is 10.2 Å². The van der Waals surface area contributed by atoms with Crippen LogP contribution in [0.4, 0.5) is 15.2 Å². The van der Waals surface area contributed by atoms with Gasteiger partial charge in [-0.3, -0.25) is 4.79 Å². The van der Waals surface area contributed by atoms with Crippen molar-refractivity contribution in [1.82, 2.24) is 20.2 Å². The van der Waals surface area contributed by atoms with Gasteiger partial charge in [0.2, 0.25) is 5.13 Å². The molecule has 5 rings (SSSR count). The molecule has 0 saturated carbocycles. The molecule has 1 aliphatic rings. The van der Waals surface area contributed by atoms with Gasteiger partial charge in [-0.05, 0) is 42.9 Å². The van der Waals surface area contributed by atoms with Gasteiger partial charge in [0.1, 0.15) is 16.5 Å². The third-order valence-corrected chi connectivity index (χ3v) is 8.20. The number of rotatable bonds is 5. The third-order valence-electron chi connectivity index (χ3n) is 5.07. The molecule has 3 heterocycles. The maximum Gasteiger partial charge on any atom is 0.259 e. The molecule has 0 amide bonds. The minimum Gasteiger partial charge on any atom is -0.328 e. The van der Waals surface area contributed by atoms with Crippen LogP contribution in [0.1, 0.15) is 29.6 Å². The predicted molar refractivity (Wildman–Crippen MR) is 121 cm³/mol. The van der Waals surface area contributed by atoms with E-state index in [0.29, 0.717) is 28.3 Å². The number of aryl methyl sites for hydroxylation is 1. The van der Waals surface area contributed by atoms with E-state index in [2.05, 4.69) is 27.4 Å². The van der Waals surface area contributed by atoms with Crippen molar-refractivity contribution in [3.05, 3.63) is 56.7 Å². The van der Waals surface area contributed by atoms with Gasteiger partial charge in [-0.1, -0.05) is 42.2 Å². The number of thiophene rings is 1. The van der Waals surface area contributed by atoms with Crippen molar-refractivity contribution < 1.29 is 4.39 Å². The second-order valence-corrected chi connectivity index (χ2v) is 10.6. The zero-order valence-corrected chi connectivity index (χ0v) is 18.5. The van der Waals surface area contributed by atoms with Gasteiger partial charge in [-0.2, -0.15) is 0 Å². The number of hydrogen-bond donors (Lipinski definition) is 2. The molecule has 0 saturated heterocycles. The topological polar surface area (TPSA) is 83.6 Å². The van der Waals surface area contributed by atoms with E-state index in [-0.39, 0.29) is 11.4 Å². The lowest BCUT2D eigenvalue weighted by Crippen LogP contribution is -2.14. The van der Waals surface area contributed by atoms with Crippen molar-refractivity contribution in [1.29, 1.82) is 0 Å². The lowest BCUT2D eigenvalue weighted by Gasteiger charge is -2.17. The van der Waals surface area contributed by atoms with Crippen molar-refractivity contribution >= 4 is 55.5 Å². The molecular formula is C20H18FN5OS3. The maximum absolute atomic E-state index is 13.8. The molecule has 0 radical (unpaired) electrons. The Hall–Kier alpha value is -2.30. The van der Waals surface area contributed by atoms with Crippen LogP contribution >= 0.6 is 34.4 Å². The van der Waals surface area contributed by atoms with E-state index < -0.39 is 0 Å². The van der Waals surface area contributed by atoms with E-state index in [0.717, 1.165) is 33.8 Å². The molecule has 10 heteroatoms. The lowest BCUT2D eigenvalue weighted by atomic mass is 9.89. The number of thioether (sulfide) groups is 1. The van der Waals surface area contributed by atoms with Crippen molar-refractivity contribution in [2.75, 3.05) is 5.32 Å². The Labute approximate surface area is 184 Å². The molecule has 154 valence electrons. The van der Waals surface area contributed by atoms with Gasteiger partial charge in [0.05, 0.1) is 16.8 Å². The standard InChI is InChI=1S/C20H18FN5OS3/c1-10-6-7-11-14(8-10)29-18-16(11)17(27)23-15(24-18)9-28-20-26-25-19(30-20)22-13-5-3-2-4-12(13)21/h2-5,10H,6-9H2,1H3,(H,22,25)(H,23,24,27). The number of aromatic amines is 1. The predicted octanol–water partition coefficient (Wildman–Crippen LogP) is 5.14. The lowest BCUT2D eigenvalue weighted by molar-refractivity contribution is 0.509. The van der Waals surface area contributed by atoms with Crippen molar-refractivity contribution in [3.8, 4) is 0 Å². The highest BCUT2D eigenvalue weighted by molar-refractivity contribution is 8.00. The summed E-state index contributed by atoms with van der Waals surface area (Å²) in [5.74, 6) is 1.43. The summed E-state index contributed by atoms with van der Waals surface area (Å²) >= 11 is 4.43. The first-order valence-electron chi connectivity index (χ1n) is 9.58. The number of benzene rings is 1. The third kappa shape index (κ3) is 3.86. The zero-order chi connectivity index (χ0) is 20.7. The molecule has 30 heavy (non-hydrogen) atoms. The van der Waals surface area contributed by atoms with E-state index in [1.165, 1.54) is 39.6 Å². The summed E-state index contributed by atoms with van der Waals surface area (Å²) in [4.78, 5) is 22.5. The van der Waals surface area contributed by atoms with Crippen LogP contribution in [-0.2, 0) is 18.6 Å². The molecule has 1 aromatic carbocycles. The second-order valence-electron chi connectivity index (χ2n) is 7.31. The Morgan fingerprint density at radius 3 is 3.03 bits per heavy atom. The van der Waals surface area contributed by atoms with E-state index in [9.17, 15) is 9.18 Å². The number of nitrogens with one attached hydrogen (secondary N) is 2. The van der Waals surface area contributed by atoms with Crippen LogP contribution in [0.5, 0.6) is 0 Å². The monoisotopic (exact) mass is 459 g/mol. The van der Waals surface area contributed by atoms with Crippen molar-refractivity contribution in [3.63, 3.8) is 0 Å². The highest BCUT2D eigenvalue weighted by Gasteiger charge is 2.23. The van der Waals surface area contributed by atoms with E-state index in [1.54, 1.807) is 29.5 Å². The molecule has 1 unspecified atom stereocenters. The fourth-order valence-corrected chi connectivity index (χ4v) is 6.63. The van der Waals surface area contributed by atoms with Gasteiger partial charge in [0.15, 0.2) is 4.34 Å². The van der Waals surface area contributed by atoms with Crippen LogP contribution in [0.3, 0.4) is 0 Å². The summed E-state index contributed by atoms with van der Waals surface area (Å²) in [6.07, 6.45) is 3.11. The molecule has 0 spiro atoms. The number of anilines is 2. The number of nitrogens with zero attached hydrogens (tertiary/aromatic N) is 3. The normalized spacial score (nSPS) is 16.0. The first kappa shape index (κ1) is 19.7. The minimum absolute atomic E-state index is 0.0539. The summed E-state index contributed by atoms with van der Waals surface area (Å²) in [7, 11) is 0. The Balaban J connectivity index is 1.32. The molecule has 4 aromatic rings. The van der Waals surface area contributed by atoms with Gasteiger partial charge >= 0.3 is 0 Å². The molecule has 1 aliphatic carbocycles. The Bertz CT molecular complexity index is 1280. The fourth-order valence-electron chi connectivity index (χ4n) is 3.59. The second kappa shape index (κ2) is 8.09. The number of H-pyrrole nitrogens is 1. The summed E-state index contributed by atoms with van der Waals surface area (Å²) in [5.41, 5.74) is 1.49. The number of para-hydroxylation sites is 1. The van der Waals surface area contributed by atoms with Gasteiger partial charge in [0, 0.05) is 4.88 Å². The first-order chi connectivity index (χ1) is 14.6. The number of fused-ring (bicyclic) bond motifs is 3. The van der Waals surface area contributed by atoms with Crippen molar-refractivity contribution in [2.24, 2.45) is 5.92 Å². The highest BCUT2D eigenvalue weighted by atomic mass is 32.2. The van der Waals surface area contributed by atoms with Gasteiger partial charge in [-0.25, -0.2) is 9.37 Å². The van der Waals surface area contributed by atoms with Gasteiger partial charge in [-0.15, -0.1) is 21.5 Å². The van der Waals surface area contributed by atoms with Crippen LogP contribution in [-0.4, -0.2) is 20.2 Å². The maximum atomic E-state index is 13.8. The van der Waals surface area contributed by atoms with E-state index >= 15 is 0 Å². The number of halogens is 1. The average molecular weight is 460 g/mol. The van der Waals surface area contributed by atoms with Crippen LogP contribution in [0.2, 0.25) is 0 Å². The molecule has 1 atom stereocenters. The molecule has 0 bridgehead atoms. The summed E-state index contributed by atoms with van der Waals surface area (Å²) in [6.45, 7) is 2.25. The molecule has 3 aromatic heterocycles. The SMILES string of the molecule is CC1CCc2c(sc3nc(CSc4nnc(Nc5ccccc5F)s4)[nH]c(=O)c23)C1. The van der Waals surface area contributed by atoms with Gasteiger partial charge in [0.25, 0.3) is 5.56 Å². The minimum atomic E-state index is -0.343. The Morgan fingerprint density at radius 1 is 1.30 bits per heavy atom. The van der Waals surface area contributed by atoms with Crippen LogP contribution < -0.4 is 10.9 Å². The molecule has 6 nitrogen and oxygen atoms in total. The summed E-state index contributed by atoms with van der Waals surface area (Å²) in [5, 5.41) is 12.4. The Morgan fingerprint density at radius 2 is 2.17 bits per heavy atom. The molecular weight excluding hydrogens is 441 g/mol. The van der Waals surface area contributed by atoms with Gasteiger partial charge < -0.3 is 10.3 Å². The first-order valence-corrected chi connectivity index (χ1v) is 12.2. The average Bonchev–Trinajstić information content (AvgIpc) is 3.31.